The average molecular weight is 202 g/mol. The van der Waals surface area contributed by atoms with E-state index in [0.717, 1.165) is 5.06 Å². The molecule has 1 heterocycles. The van der Waals surface area contributed by atoms with Gasteiger partial charge in [0.2, 0.25) is 0 Å². The lowest BCUT2D eigenvalue weighted by atomic mass is 10.3. The van der Waals surface area contributed by atoms with Crippen LogP contribution in [0.5, 0.6) is 0 Å². The number of aromatic nitrogens is 2. The van der Waals surface area contributed by atoms with E-state index in [1.54, 1.807) is 0 Å². The molecule has 0 fully saturated rings. The first-order valence-electron chi connectivity index (χ1n) is 3.45. The van der Waals surface area contributed by atoms with Crippen molar-refractivity contribution in [2.24, 2.45) is 0 Å². The minimum atomic E-state index is -0.320. The molecule has 0 saturated carbocycles. The van der Waals surface area contributed by atoms with Gasteiger partial charge in [-0.25, -0.2) is 5.06 Å². The molecule has 0 aliphatic carbocycles. The Kier molecular flexibility index (Phi) is 3.16. The maximum Gasteiger partial charge on any atom is 0.278 e. The highest BCUT2D eigenvalue weighted by Gasteiger charge is 2.11. The topological polar surface area (TPSA) is 55.3 Å². The summed E-state index contributed by atoms with van der Waals surface area (Å²) in [6.45, 7) is 0. The second-order valence-corrected chi connectivity index (χ2v) is 2.64. The largest absolute Gasteiger partial charge is 0.278 e. The summed E-state index contributed by atoms with van der Waals surface area (Å²) >= 11 is 5.55. The average Bonchev–Trinajstić information content (AvgIpc) is 2.15. The van der Waals surface area contributed by atoms with Gasteiger partial charge < -0.3 is 0 Å². The number of carbonyl (C=O) groups excluding carboxylic acids is 1. The van der Waals surface area contributed by atoms with E-state index in [0.29, 0.717) is 5.56 Å². The number of hydroxylamine groups is 2. The molecule has 70 valence electrons. The summed E-state index contributed by atoms with van der Waals surface area (Å²) in [6, 6.07) is 1.42. The monoisotopic (exact) mass is 201 g/mol. The second kappa shape index (κ2) is 4.15. The number of carbonyl (C=O) groups is 1. The summed E-state index contributed by atoms with van der Waals surface area (Å²) in [6.07, 6.45) is 1.32. The van der Waals surface area contributed by atoms with Crippen LogP contribution < -0.4 is 0 Å². The summed E-state index contributed by atoms with van der Waals surface area (Å²) in [5, 5.41) is 8.30. The van der Waals surface area contributed by atoms with E-state index in [1.165, 1.54) is 26.4 Å². The fourth-order valence-corrected chi connectivity index (χ4v) is 0.884. The molecule has 1 amide bonds. The van der Waals surface area contributed by atoms with Crippen molar-refractivity contribution in [3.05, 3.63) is 23.0 Å². The molecule has 0 N–H and O–H groups in total. The van der Waals surface area contributed by atoms with Gasteiger partial charge in [-0.3, -0.25) is 9.63 Å². The number of halogens is 1. The fraction of sp³-hybridized carbons (Fsp3) is 0.286. The van der Waals surface area contributed by atoms with Gasteiger partial charge >= 0.3 is 0 Å². The second-order valence-electron chi connectivity index (χ2n) is 2.25. The van der Waals surface area contributed by atoms with Crippen LogP contribution in [-0.4, -0.2) is 35.3 Å². The molecule has 0 bridgehead atoms. The van der Waals surface area contributed by atoms with Crippen LogP contribution >= 0.6 is 11.6 Å². The minimum absolute atomic E-state index is 0.176. The lowest BCUT2D eigenvalue weighted by molar-refractivity contribution is -0.0757. The first kappa shape index (κ1) is 9.88. The van der Waals surface area contributed by atoms with Crippen molar-refractivity contribution in [1.29, 1.82) is 0 Å². The molecule has 5 nitrogen and oxygen atoms in total. The number of nitrogens with zero attached hydrogens (tertiary/aromatic N) is 3. The van der Waals surface area contributed by atoms with Crippen LogP contribution in [-0.2, 0) is 4.84 Å². The number of rotatable bonds is 2. The molecule has 1 aromatic rings. The molecule has 0 radical (unpaired) electrons. The molecule has 6 heteroatoms. The maximum absolute atomic E-state index is 11.4. The van der Waals surface area contributed by atoms with Gasteiger partial charge in [0, 0.05) is 7.05 Å². The van der Waals surface area contributed by atoms with Crippen LogP contribution in [0.25, 0.3) is 0 Å². The highest BCUT2D eigenvalue weighted by molar-refractivity contribution is 6.29. The Hall–Kier alpha value is -1.20. The Morgan fingerprint density at radius 3 is 2.92 bits per heavy atom. The smallest absolute Gasteiger partial charge is 0.274 e. The van der Waals surface area contributed by atoms with Crippen LogP contribution in [0.15, 0.2) is 12.3 Å². The van der Waals surface area contributed by atoms with Crippen molar-refractivity contribution < 1.29 is 9.63 Å². The summed E-state index contributed by atoms with van der Waals surface area (Å²) in [7, 11) is 2.89. The lowest BCUT2D eigenvalue weighted by Gasteiger charge is -2.12. The molecule has 0 aliphatic heterocycles. The minimum Gasteiger partial charge on any atom is -0.274 e. The first-order valence-corrected chi connectivity index (χ1v) is 3.83. The van der Waals surface area contributed by atoms with Crippen molar-refractivity contribution in [3.8, 4) is 0 Å². The van der Waals surface area contributed by atoms with Crippen LogP contribution in [0.4, 0.5) is 0 Å². The van der Waals surface area contributed by atoms with Gasteiger partial charge in [-0.05, 0) is 6.07 Å². The van der Waals surface area contributed by atoms with Crippen molar-refractivity contribution in [2.75, 3.05) is 14.2 Å². The van der Waals surface area contributed by atoms with E-state index >= 15 is 0 Å². The van der Waals surface area contributed by atoms with Crippen LogP contribution in [0, 0.1) is 0 Å². The van der Waals surface area contributed by atoms with E-state index in [-0.39, 0.29) is 11.1 Å². The van der Waals surface area contributed by atoms with E-state index in [4.69, 9.17) is 16.4 Å². The summed E-state index contributed by atoms with van der Waals surface area (Å²) in [5.74, 6) is -0.320. The molecule has 0 aliphatic rings. The first-order chi connectivity index (χ1) is 6.15. The Balaban J connectivity index is 2.89. The Labute approximate surface area is 80.2 Å². The molecule has 0 atom stereocenters. The van der Waals surface area contributed by atoms with Gasteiger partial charge in [0.15, 0.2) is 5.15 Å². The molecular formula is C7H8ClN3O2. The molecule has 0 unspecified atom stereocenters. The van der Waals surface area contributed by atoms with Crippen LogP contribution in [0.3, 0.4) is 0 Å². The van der Waals surface area contributed by atoms with Crippen molar-refractivity contribution >= 4 is 17.5 Å². The molecular weight excluding hydrogens is 194 g/mol. The highest BCUT2D eigenvalue weighted by atomic mass is 35.5. The molecule has 0 saturated heterocycles. The summed E-state index contributed by atoms with van der Waals surface area (Å²) in [4.78, 5) is 16.1. The lowest BCUT2D eigenvalue weighted by Crippen LogP contribution is -2.25. The normalized spacial score (nSPS) is 9.77. The zero-order valence-corrected chi connectivity index (χ0v) is 7.95. The number of amides is 1. The third-order valence-electron chi connectivity index (χ3n) is 1.43. The van der Waals surface area contributed by atoms with Crippen molar-refractivity contribution in [3.63, 3.8) is 0 Å². The van der Waals surface area contributed by atoms with Gasteiger partial charge in [0.05, 0.1) is 18.9 Å². The highest BCUT2D eigenvalue weighted by Crippen LogP contribution is 2.07. The third kappa shape index (κ3) is 2.37. The number of hydrogen-bond acceptors (Lipinski definition) is 4. The molecule has 13 heavy (non-hydrogen) atoms. The summed E-state index contributed by atoms with van der Waals surface area (Å²) in [5.41, 5.74) is 0.337. The predicted molar refractivity (Wildman–Crippen MR) is 46.1 cm³/mol. The van der Waals surface area contributed by atoms with Crippen molar-refractivity contribution in [2.45, 2.75) is 0 Å². The maximum atomic E-state index is 11.4. The predicted octanol–water partition coefficient (Wildman–Crippen LogP) is 0.763. The van der Waals surface area contributed by atoms with Gasteiger partial charge in [0.1, 0.15) is 0 Å². The quantitative estimate of drug-likeness (QED) is 0.663. The zero-order valence-electron chi connectivity index (χ0n) is 7.19. The summed E-state index contributed by atoms with van der Waals surface area (Å²) < 4.78 is 0. The van der Waals surface area contributed by atoms with Crippen LogP contribution in [0.1, 0.15) is 10.4 Å². The third-order valence-corrected chi connectivity index (χ3v) is 1.62. The Morgan fingerprint density at radius 2 is 2.38 bits per heavy atom. The molecule has 1 aromatic heterocycles. The van der Waals surface area contributed by atoms with Gasteiger partial charge in [-0.1, -0.05) is 11.6 Å². The van der Waals surface area contributed by atoms with E-state index in [1.807, 2.05) is 0 Å². The standard InChI is InChI=1S/C7H8ClN3O2/c1-11(13-2)7(12)5-3-6(8)10-9-4-5/h3-4H,1-2H3. The Morgan fingerprint density at radius 1 is 1.69 bits per heavy atom. The van der Waals surface area contributed by atoms with Crippen molar-refractivity contribution in [1.82, 2.24) is 15.3 Å². The van der Waals surface area contributed by atoms with Crippen LogP contribution in [0.2, 0.25) is 5.15 Å². The fourth-order valence-electron chi connectivity index (χ4n) is 0.722. The van der Waals surface area contributed by atoms with Gasteiger partial charge in [-0.15, -0.1) is 5.10 Å². The van der Waals surface area contributed by atoms with E-state index in [9.17, 15) is 4.79 Å². The number of hydrogen-bond donors (Lipinski definition) is 0. The molecule has 0 aromatic carbocycles. The van der Waals surface area contributed by atoms with E-state index < -0.39 is 0 Å². The Bertz CT molecular complexity index is 318. The molecule has 1 rings (SSSR count). The zero-order chi connectivity index (χ0) is 9.84. The van der Waals surface area contributed by atoms with Gasteiger partial charge in [0.25, 0.3) is 5.91 Å². The van der Waals surface area contributed by atoms with Gasteiger partial charge in [-0.2, -0.15) is 5.10 Å². The molecule has 0 spiro atoms. The van der Waals surface area contributed by atoms with E-state index in [2.05, 4.69) is 10.2 Å². The SMILES string of the molecule is CON(C)C(=O)c1cnnc(Cl)c1.